The van der Waals surface area contributed by atoms with Crippen molar-refractivity contribution in [2.45, 2.75) is 18.7 Å². The molecule has 2 N–H and O–H groups in total. The van der Waals surface area contributed by atoms with Crippen molar-refractivity contribution < 1.29 is 8.42 Å². The molecule has 0 saturated carbocycles. The molecule has 0 heterocycles. The normalized spacial score (nSPS) is 11.4. The fraction of sp³-hybridized carbons (Fsp3) is 0.200. The zero-order valence-corrected chi connectivity index (χ0v) is 13.7. The zero-order chi connectivity index (χ0) is 15.8. The van der Waals surface area contributed by atoms with Crippen molar-refractivity contribution in [3.8, 4) is 0 Å². The van der Waals surface area contributed by atoms with Gasteiger partial charge >= 0.3 is 0 Å². The molecule has 4 nitrogen and oxygen atoms in total. The number of hydrogen-bond donors (Lipinski definition) is 1. The number of halogens is 1. The van der Waals surface area contributed by atoms with Crippen LogP contribution in [0.1, 0.15) is 11.1 Å². The van der Waals surface area contributed by atoms with E-state index < -0.39 is 10.0 Å². The van der Waals surface area contributed by atoms with Crippen LogP contribution in [0, 0.1) is 13.8 Å². The number of nitrogens with zero attached hydrogens (tertiary/aromatic N) is 1. The van der Waals surface area contributed by atoms with Crippen LogP contribution in [0.3, 0.4) is 0 Å². The largest absolute Gasteiger partial charge is 0.398 e. The van der Waals surface area contributed by atoms with Gasteiger partial charge in [0.05, 0.1) is 10.6 Å². The van der Waals surface area contributed by atoms with E-state index in [-0.39, 0.29) is 4.90 Å². The van der Waals surface area contributed by atoms with E-state index in [1.54, 1.807) is 25.1 Å². The van der Waals surface area contributed by atoms with Gasteiger partial charge in [0.25, 0.3) is 10.0 Å². The maximum atomic E-state index is 12.8. The first-order valence-electron chi connectivity index (χ1n) is 6.34. The first-order chi connectivity index (χ1) is 9.73. The topological polar surface area (TPSA) is 63.4 Å². The van der Waals surface area contributed by atoms with Gasteiger partial charge < -0.3 is 5.73 Å². The number of nitrogen functional groups attached to an aromatic ring is 1. The second-order valence-electron chi connectivity index (χ2n) is 4.93. The number of aryl methyl sites for hydroxylation is 1. The molecule has 21 heavy (non-hydrogen) atoms. The molecule has 2 aromatic rings. The summed E-state index contributed by atoms with van der Waals surface area (Å²) >= 11 is 5.94. The quantitative estimate of drug-likeness (QED) is 0.880. The van der Waals surface area contributed by atoms with Crippen molar-refractivity contribution >= 4 is 33.0 Å². The fourth-order valence-corrected chi connectivity index (χ4v) is 3.81. The van der Waals surface area contributed by atoms with E-state index in [0.29, 0.717) is 22.0 Å². The van der Waals surface area contributed by atoms with Gasteiger partial charge in [-0.25, -0.2) is 8.42 Å². The Morgan fingerprint density at radius 2 is 1.81 bits per heavy atom. The molecule has 0 saturated heterocycles. The van der Waals surface area contributed by atoms with Crippen molar-refractivity contribution in [1.29, 1.82) is 0 Å². The first kappa shape index (κ1) is 15.7. The van der Waals surface area contributed by atoms with Crippen LogP contribution in [0.2, 0.25) is 5.02 Å². The summed E-state index contributed by atoms with van der Waals surface area (Å²) in [7, 11) is -2.20. The van der Waals surface area contributed by atoms with Crippen molar-refractivity contribution in [3.05, 3.63) is 52.5 Å². The Hall–Kier alpha value is -1.72. The van der Waals surface area contributed by atoms with Gasteiger partial charge in [0, 0.05) is 17.8 Å². The highest BCUT2D eigenvalue weighted by Gasteiger charge is 2.24. The van der Waals surface area contributed by atoms with Gasteiger partial charge in [-0.1, -0.05) is 23.7 Å². The van der Waals surface area contributed by atoms with Crippen LogP contribution in [0.5, 0.6) is 0 Å². The molecule has 0 fully saturated rings. The molecule has 0 aliphatic rings. The zero-order valence-electron chi connectivity index (χ0n) is 12.1. The van der Waals surface area contributed by atoms with Gasteiger partial charge in [-0.05, 0) is 49.2 Å². The summed E-state index contributed by atoms with van der Waals surface area (Å²) in [6, 6.07) is 10.2. The second kappa shape index (κ2) is 5.58. The van der Waals surface area contributed by atoms with E-state index in [4.69, 9.17) is 17.3 Å². The Morgan fingerprint density at radius 1 is 1.14 bits per heavy atom. The molecule has 0 radical (unpaired) electrons. The minimum Gasteiger partial charge on any atom is -0.398 e. The first-order valence-corrected chi connectivity index (χ1v) is 8.16. The Morgan fingerprint density at radius 3 is 2.43 bits per heavy atom. The summed E-state index contributed by atoms with van der Waals surface area (Å²) in [5, 5.41) is 0.300. The summed E-state index contributed by atoms with van der Waals surface area (Å²) in [5.41, 5.74) is 8.25. The van der Waals surface area contributed by atoms with Gasteiger partial charge in [0.15, 0.2) is 0 Å². The lowest BCUT2D eigenvalue weighted by Crippen LogP contribution is -2.27. The van der Waals surface area contributed by atoms with Gasteiger partial charge in [0.1, 0.15) is 0 Å². The highest BCUT2D eigenvalue weighted by atomic mass is 35.5. The van der Waals surface area contributed by atoms with Crippen molar-refractivity contribution in [1.82, 2.24) is 0 Å². The van der Waals surface area contributed by atoms with Crippen LogP contribution in [0.4, 0.5) is 11.4 Å². The summed E-state index contributed by atoms with van der Waals surface area (Å²) in [6.07, 6.45) is 0. The Balaban J connectivity index is 2.57. The molecule has 112 valence electrons. The van der Waals surface area contributed by atoms with Crippen LogP contribution in [-0.2, 0) is 10.0 Å². The molecular weight excluding hydrogens is 308 g/mol. The highest BCUT2D eigenvalue weighted by molar-refractivity contribution is 7.92. The van der Waals surface area contributed by atoms with Gasteiger partial charge in [-0.3, -0.25) is 4.31 Å². The van der Waals surface area contributed by atoms with Gasteiger partial charge in [-0.15, -0.1) is 0 Å². The Bertz CT molecular complexity index is 788. The minimum absolute atomic E-state index is 0.122. The molecule has 6 heteroatoms. The lowest BCUT2D eigenvalue weighted by Gasteiger charge is -2.21. The molecule has 0 spiro atoms. The van der Waals surface area contributed by atoms with Crippen LogP contribution >= 0.6 is 11.6 Å². The average molecular weight is 325 g/mol. The van der Waals surface area contributed by atoms with E-state index in [9.17, 15) is 8.42 Å². The molecule has 0 bridgehead atoms. The third-order valence-corrected chi connectivity index (χ3v) is 5.50. The predicted octanol–water partition coefficient (Wildman–Crippen LogP) is 3.36. The van der Waals surface area contributed by atoms with E-state index in [1.807, 2.05) is 19.1 Å². The number of nitrogens with two attached hydrogens (primary N) is 1. The third kappa shape index (κ3) is 2.99. The lowest BCUT2D eigenvalue weighted by atomic mass is 10.2. The predicted molar refractivity (Wildman–Crippen MR) is 87.4 cm³/mol. The number of hydrogen-bond acceptors (Lipinski definition) is 3. The Labute approximate surface area is 130 Å². The average Bonchev–Trinajstić information content (AvgIpc) is 2.41. The minimum atomic E-state index is -3.72. The smallest absolute Gasteiger partial charge is 0.264 e. The van der Waals surface area contributed by atoms with Crippen LogP contribution in [-0.4, -0.2) is 15.5 Å². The number of sulfonamides is 1. The molecule has 0 atom stereocenters. The summed E-state index contributed by atoms with van der Waals surface area (Å²) in [4.78, 5) is 0.122. The standard InChI is InChI=1S/C15H17ClN2O2S/c1-10-5-4-6-13(7-10)18(3)21(19,20)15-9-12(16)8-14(17)11(15)2/h4-9H,17H2,1-3H3. The molecule has 0 aliphatic heterocycles. The lowest BCUT2D eigenvalue weighted by molar-refractivity contribution is 0.594. The maximum absolute atomic E-state index is 12.8. The Kier molecular flexibility index (Phi) is 4.16. The van der Waals surface area contributed by atoms with Crippen LogP contribution in [0.25, 0.3) is 0 Å². The number of anilines is 2. The molecule has 0 aliphatic carbocycles. The van der Waals surface area contributed by atoms with Gasteiger partial charge in [-0.2, -0.15) is 0 Å². The molecular formula is C15H17ClN2O2S. The molecule has 2 aromatic carbocycles. The van der Waals surface area contributed by atoms with Crippen molar-refractivity contribution in [2.24, 2.45) is 0 Å². The summed E-state index contributed by atoms with van der Waals surface area (Å²) < 4.78 is 26.8. The highest BCUT2D eigenvalue weighted by Crippen LogP contribution is 2.30. The third-order valence-electron chi connectivity index (χ3n) is 3.37. The second-order valence-corrected chi connectivity index (χ2v) is 7.30. The van der Waals surface area contributed by atoms with E-state index >= 15 is 0 Å². The van der Waals surface area contributed by atoms with E-state index in [2.05, 4.69) is 0 Å². The van der Waals surface area contributed by atoms with E-state index in [1.165, 1.54) is 17.4 Å². The molecule has 2 rings (SSSR count). The molecule has 0 aromatic heterocycles. The number of rotatable bonds is 3. The van der Waals surface area contributed by atoms with Crippen molar-refractivity contribution in [3.63, 3.8) is 0 Å². The number of benzene rings is 2. The van der Waals surface area contributed by atoms with Crippen LogP contribution in [0.15, 0.2) is 41.3 Å². The fourth-order valence-electron chi connectivity index (χ4n) is 2.05. The molecule has 0 amide bonds. The van der Waals surface area contributed by atoms with Gasteiger partial charge in [0.2, 0.25) is 0 Å². The molecule has 0 unspecified atom stereocenters. The summed E-state index contributed by atoms with van der Waals surface area (Å²) in [5.74, 6) is 0. The SMILES string of the molecule is Cc1cccc(N(C)S(=O)(=O)c2cc(Cl)cc(N)c2C)c1. The van der Waals surface area contributed by atoms with Crippen LogP contribution < -0.4 is 10.0 Å². The monoisotopic (exact) mass is 324 g/mol. The van der Waals surface area contributed by atoms with Crippen molar-refractivity contribution in [2.75, 3.05) is 17.1 Å². The maximum Gasteiger partial charge on any atom is 0.264 e. The van der Waals surface area contributed by atoms with E-state index in [0.717, 1.165) is 5.56 Å². The summed E-state index contributed by atoms with van der Waals surface area (Å²) in [6.45, 7) is 3.58.